The van der Waals surface area contributed by atoms with Crippen molar-refractivity contribution in [1.29, 1.82) is 10.8 Å². The molecule has 13 heteroatoms. The summed E-state index contributed by atoms with van der Waals surface area (Å²) in [6.45, 7) is 0. The fourth-order valence-corrected chi connectivity index (χ4v) is 3.17. The topological polar surface area (TPSA) is 158 Å². The quantitative estimate of drug-likeness (QED) is 0.265. The van der Waals surface area contributed by atoms with Crippen LogP contribution in [-0.4, -0.2) is 23.7 Å². The number of guanidine groups is 2. The summed E-state index contributed by atoms with van der Waals surface area (Å²) in [5.74, 6) is -1.64. The smallest absolute Gasteiger partial charge is 0.231 e. The predicted molar refractivity (Wildman–Crippen MR) is 128 cm³/mol. The lowest BCUT2D eigenvalue weighted by Gasteiger charge is -2.06. The number of hydrogen-bond donors (Lipinski definition) is 6. The van der Waals surface area contributed by atoms with E-state index in [0.717, 1.165) is 0 Å². The van der Waals surface area contributed by atoms with Gasteiger partial charge in [0.2, 0.25) is 11.8 Å². The number of carbonyl (C=O) groups is 2. The highest BCUT2D eigenvalue weighted by molar-refractivity contribution is 6.36. The largest absolute Gasteiger partial charge is 0.370 e. The summed E-state index contributed by atoms with van der Waals surface area (Å²) in [7, 11) is 0. The Morgan fingerprint density at radius 3 is 1.19 bits per heavy atom. The number of carbonyl (C=O) groups excluding carboxylic acids is 2. The van der Waals surface area contributed by atoms with Crippen molar-refractivity contribution in [3.63, 3.8) is 0 Å². The van der Waals surface area contributed by atoms with Crippen molar-refractivity contribution in [3.05, 3.63) is 67.6 Å². The SMILES string of the molecule is Cl.N=C(N)NC(=O)Cc1c(Cl)cccc1Cl.N=C(N)NC(=O)Cc1c(Cl)cccc1Cl. The third-order valence-electron chi connectivity index (χ3n) is 3.35. The van der Waals surface area contributed by atoms with Crippen molar-refractivity contribution in [3.8, 4) is 0 Å². The zero-order valence-corrected chi connectivity index (χ0v) is 19.6. The van der Waals surface area contributed by atoms with Crippen LogP contribution in [0.5, 0.6) is 0 Å². The summed E-state index contributed by atoms with van der Waals surface area (Å²) in [4.78, 5) is 22.6. The molecule has 0 saturated carbocycles. The second-order valence-electron chi connectivity index (χ2n) is 5.68. The molecule has 2 aromatic rings. The van der Waals surface area contributed by atoms with Gasteiger partial charge in [0.25, 0.3) is 0 Å². The van der Waals surface area contributed by atoms with Crippen molar-refractivity contribution in [2.24, 2.45) is 11.5 Å². The Kier molecular flexibility index (Phi) is 12.9. The lowest BCUT2D eigenvalue weighted by molar-refractivity contribution is -0.119. The van der Waals surface area contributed by atoms with E-state index in [1.54, 1.807) is 36.4 Å². The van der Waals surface area contributed by atoms with Crippen LogP contribution >= 0.6 is 58.8 Å². The number of halogens is 5. The molecule has 0 radical (unpaired) electrons. The van der Waals surface area contributed by atoms with Crippen molar-refractivity contribution in [1.82, 2.24) is 10.6 Å². The molecule has 0 aliphatic carbocycles. The Bertz CT molecular complexity index is 852. The zero-order valence-electron chi connectivity index (χ0n) is 15.8. The van der Waals surface area contributed by atoms with Gasteiger partial charge in [0.15, 0.2) is 11.9 Å². The molecule has 2 aromatic carbocycles. The molecule has 2 amide bonds. The summed E-state index contributed by atoms with van der Waals surface area (Å²) in [5, 5.41) is 19.7. The van der Waals surface area contributed by atoms with Gasteiger partial charge in [-0.25, -0.2) is 0 Å². The Labute approximate surface area is 205 Å². The van der Waals surface area contributed by atoms with Crippen LogP contribution in [-0.2, 0) is 22.4 Å². The molecule has 0 spiro atoms. The van der Waals surface area contributed by atoms with Crippen molar-refractivity contribution >= 4 is 82.5 Å². The van der Waals surface area contributed by atoms with Gasteiger partial charge in [0.05, 0.1) is 12.8 Å². The molecule has 0 unspecified atom stereocenters. The maximum atomic E-state index is 11.3. The Balaban J connectivity index is 0.000000562. The summed E-state index contributed by atoms with van der Waals surface area (Å²) in [5.41, 5.74) is 11.1. The first kappa shape index (κ1) is 28.8. The Morgan fingerprint density at radius 2 is 0.968 bits per heavy atom. The molecule has 2 rings (SSSR count). The fourth-order valence-electron chi connectivity index (χ4n) is 2.11. The van der Waals surface area contributed by atoms with Crippen LogP contribution < -0.4 is 22.1 Å². The van der Waals surface area contributed by atoms with E-state index in [1.807, 2.05) is 0 Å². The molecular formula is C18H19Cl5N6O2. The van der Waals surface area contributed by atoms with Crippen LogP contribution in [0.1, 0.15) is 11.1 Å². The molecule has 0 saturated heterocycles. The normalized spacial score (nSPS) is 9.42. The summed E-state index contributed by atoms with van der Waals surface area (Å²) in [6, 6.07) is 9.95. The van der Waals surface area contributed by atoms with Crippen LogP contribution in [0.15, 0.2) is 36.4 Å². The van der Waals surface area contributed by atoms with Crippen LogP contribution in [0, 0.1) is 10.8 Å². The molecule has 168 valence electrons. The molecule has 0 atom stereocenters. The third kappa shape index (κ3) is 10.6. The molecule has 31 heavy (non-hydrogen) atoms. The minimum absolute atomic E-state index is 0. The van der Waals surface area contributed by atoms with Gasteiger partial charge in [-0.3, -0.25) is 31.0 Å². The fraction of sp³-hybridized carbons (Fsp3) is 0.111. The summed E-state index contributed by atoms with van der Waals surface area (Å²) < 4.78 is 0. The van der Waals surface area contributed by atoms with Gasteiger partial charge in [-0.05, 0) is 35.4 Å². The molecule has 0 aliphatic rings. The van der Waals surface area contributed by atoms with Gasteiger partial charge in [0, 0.05) is 20.1 Å². The van der Waals surface area contributed by atoms with Gasteiger partial charge in [-0.2, -0.15) is 0 Å². The van der Waals surface area contributed by atoms with Gasteiger partial charge in [-0.15, -0.1) is 12.4 Å². The average molecular weight is 529 g/mol. The van der Waals surface area contributed by atoms with E-state index in [2.05, 4.69) is 10.6 Å². The highest BCUT2D eigenvalue weighted by Crippen LogP contribution is 2.25. The minimum Gasteiger partial charge on any atom is -0.370 e. The monoisotopic (exact) mass is 526 g/mol. The Morgan fingerprint density at radius 1 is 0.710 bits per heavy atom. The highest BCUT2D eigenvalue weighted by Gasteiger charge is 2.11. The maximum Gasteiger partial charge on any atom is 0.231 e. The Hall–Kier alpha value is -2.23. The first-order valence-electron chi connectivity index (χ1n) is 8.14. The molecule has 8 nitrogen and oxygen atoms in total. The number of rotatable bonds is 4. The van der Waals surface area contributed by atoms with Gasteiger partial charge in [-0.1, -0.05) is 58.5 Å². The van der Waals surface area contributed by atoms with E-state index in [0.29, 0.717) is 31.2 Å². The average Bonchev–Trinajstić information content (AvgIpc) is 2.61. The molecular weight excluding hydrogens is 510 g/mol. The van der Waals surface area contributed by atoms with Crippen LogP contribution in [0.2, 0.25) is 20.1 Å². The van der Waals surface area contributed by atoms with E-state index >= 15 is 0 Å². The first-order chi connectivity index (χ1) is 14.0. The zero-order chi connectivity index (χ0) is 22.8. The van der Waals surface area contributed by atoms with Crippen LogP contribution in [0.4, 0.5) is 0 Å². The second kappa shape index (κ2) is 14.0. The maximum absolute atomic E-state index is 11.3. The number of amides is 2. The number of nitrogens with two attached hydrogens (primary N) is 2. The summed E-state index contributed by atoms with van der Waals surface area (Å²) >= 11 is 23.4. The third-order valence-corrected chi connectivity index (χ3v) is 4.76. The molecule has 8 N–H and O–H groups in total. The highest BCUT2D eigenvalue weighted by atomic mass is 35.5. The standard InChI is InChI=1S/2C9H9Cl2N3O.ClH/c2*10-6-2-1-3-7(11)5(6)4-8(15)14-9(12)13;/h2*1-3H,4H2,(H4,12,13,14,15);1H. The molecule has 0 bridgehead atoms. The van der Waals surface area contributed by atoms with E-state index in [9.17, 15) is 9.59 Å². The van der Waals surface area contributed by atoms with Gasteiger partial charge in [0.1, 0.15) is 0 Å². The molecule has 0 fully saturated rings. The molecule has 0 aliphatic heterocycles. The number of nitrogens with one attached hydrogen (secondary N) is 4. The van der Waals surface area contributed by atoms with E-state index in [4.69, 9.17) is 68.7 Å². The van der Waals surface area contributed by atoms with Gasteiger partial charge >= 0.3 is 0 Å². The van der Waals surface area contributed by atoms with Crippen LogP contribution in [0.3, 0.4) is 0 Å². The molecule has 0 heterocycles. The van der Waals surface area contributed by atoms with Crippen molar-refractivity contribution in [2.75, 3.05) is 0 Å². The van der Waals surface area contributed by atoms with Gasteiger partial charge < -0.3 is 11.5 Å². The lowest BCUT2D eigenvalue weighted by Crippen LogP contribution is -2.36. The lowest BCUT2D eigenvalue weighted by atomic mass is 10.1. The van der Waals surface area contributed by atoms with E-state index < -0.39 is 23.7 Å². The van der Waals surface area contributed by atoms with Crippen LogP contribution in [0.25, 0.3) is 0 Å². The molecule has 0 aromatic heterocycles. The first-order valence-corrected chi connectivity index (χ1v) is 9.66. The van der Waals surface area contributed by atoms with Crippen molar-refractivity contribution < 1.29 is 9.59 Å². The van der Waals surface area contributed by atoms with Crippen molar-refractivity contribution in [2.45, 2.75) is 12.8 Å². The number of hydrogen-bond acceptors (Lipinski definition) is 4. The summed E-state index contributed by atoms with van der Waals surface area (Å²) in [6.07, 6.45) is -0.00380. The minimum atomic E-state index is -0.419. The second-order valence-corrected chi connectivity index (χ2v) is 7.31. The van der Waals surface area contributed by atoms with E-state index in [-0.39, 0.29) is 25.2 Å². The van der Waals surface area contributed by atoms with E-state index in [1.165, 1.54) is 0 Å². The number of benzene rings is 2. The predicted octanol–water partition coefficient (Wildman–Crippen LogP) is 3.51.